The third-order valence-corrected chi connectivity index (χ3v) is 3.50. The van der Waals surface area contributed by atoms with E-state index in [4.69, 9.17) is 5.73 Å². The standard InChI is InChI=1S/C11H18N4O3/c1-7-3-2-4-11(5-7,6-16)13-10(17)8-9(12)15-18-14-8/h7,16H,2-6H2,1H3,(H2,12,15)(H,13,17). The molecule has 100 valence electrons. The Kier molecular flexibility index (Phi) is 3.51. The lowest BCUT2D eigenvalue weighted by molar-refractivity contribution is 0.0689. The molecule has 1 aliphatic carbocycles. The number of rotatable bonds is 3. The predicted molar refractivity (Wildman–Crippen MR) is 63.6 cm³/mol. The zero-order valence-electron chi connectivity index (χ0n) is 10.3. The second-order valence-corrected chi connectivity index (χ2v) is 5.09. The third kappa shape index (κ3) is 2.45. The van der Waals surface area contributed by atoms with Crippen molar-refractivity contribution in [2.45, 2.75) is 38.1 Å². The van der Waals surface area contributed by atoms with Gasteiger partial charge in [-0.15, -0.1) is 0 Å². The van der Waals surface area contributed by atoms with Crippen molar-refractivity contribution in [2.75, 3.05) is 12.3 Å². The summed E-state index contributed by atoms with van der Waals surface area (Å²) in [5, 5.41) is 19.2. The lowest BCUT2D eigenvalue weighted by Gasteiger charge is -2.39. The van der Waals surface area contributed by atoms with Gasteiger partial charge >= 0.3 is 0 Å². The number of amides is 1. The Morgan fingerprint density at radius 3 is 3.00 bits per heavy atom. The van der Waals surface area contributed by atoms with Crippen molar-refractivity contribution in [1.82, 2.24) is 15.6 Å². The van der Waals surface area contributed by atoms with Crippen LogP contribution in [0.2, 0.25) is 0 Å². The Morgan fingerprint density at radius 1 is 1.67 bits per heavy atom. The minimum absolute atomic E-state index is 0.0268. The molecule has 1 aromatic heterocycles. The van der Waals surface area contributed by atoms with Crippen LogP contribution in [0.15, 0.2) is 4.63 Å². The van der Waals surface area contributed by atoms with E-state index in [0.29, 0.717) is 5.92 Å². The van der Waals surface area contributed by atoms with Crippen LogP contribution in [0, 0.1) is 5.92 Å². The van der Waals surface area contributed by atoms with Crippen LogP contribution in [0.3, 0.4) is 0 Å². The van der Waals surface area contributed by atoms with Crippen molar-refractivity contribution in [3.63, 3.8) is 0 Å². The van der Waals surface area contributed by atoms with Crippen LogP contribution in [0.25, 0.3) is 0 Å². The van der Waals surface area contributed by atoms with Crippen molar-refractivity contribution in [2.24, 2.45) is 5.92 Å². The number of nitrogens with one attached hydrogen (secondary N) is 1. The molecule has 1 aliphatic rings. The molecule has 0 aliphatic heterocycles. The van der Waals surface area contributed by atoms with E-state index >= 15 is 0 Å². The van der Waals surface area contributed by atoms with Crippen molar-refractivity contribution < 1.29 is 14.5 Å². The van der Waals surface area contributed by atoms with Crippen LogP contribution in [0.4, 0.5) is 5.82 Å². The Hall–Kier alpha value is -1.63. The minimum atomic E-state index is -0.583. The molecule has 2 atom stereocenters. The summed E-state index contributed by atoms with van der Waals surface area (Å²) in [6.45, 7) is 2.02. The van der Waals surface area contributed by atoms with Gasteiger partial charge in [0.2, 0.25) is 11.5 Å². The summed E-state index contributed by atoms with van der Waals surface area (Å²) in [4.78, 5) is 12.0. The Bertz CT molecular complexity index is 434. The molecule has 7 nitrogen and oxygen atoms in total. The summed E-state index contributed by atoms with van der Waals surface area (Å²) in [7, 11) is 0. The van der Waals surface area contributed by atoms with Gasteiger partial charge in [-0.3, -0.25) is 4.79 Å². The SMILES string of the molecule is CC1CCCC(CO)(NC(=O)c2nonc2N)C1. The molecular formula is C11H18N4O3. The maximum Gasteiger partial charge on any atom is 0.277 e. The molecule has 0 bridgehead atoms. The summed E-state index contributed by atoms with van der Waals surface area (Å²) in [5.41, 5.74) is 4.86. The molecule has 4 N–H and O–H groups in total. The van der Waals surface area contributed by atoms with Crippen molar-refractivity contribution in [3.05, 3.63) is 5.69 Å². The zero-order chi connectivity index (χ0) is 13.2. The molecule has 1 aromatic rings. The van der Waals surface area contributed by atoms with E-state index in [-0.39, 0.29) is 18.1 Å². The minimum Gasteiger partial charge on any atom is -0.394 e. The highest BCUT2D eigenvalue weighted by Crippen LogP contribution is 2.32. The molecule has 2 rings (SSSR count). The molecule has 1 amide bonds. The second kappa shape index (κ2) is 4.93. The van der Waals surface area contributed by atoms with Gasteiger partial charge < -0.3 is 16.2 Å². The first-order valence-corrected chi connectivity index (χ1v) is 6.08. The van der Waals surface area contributed by atoms with E-state index < -0.39 is 11.4 Å². The number of aliphatic hydroxyl groups is 1. The quantitative estimate of drug-likeness (QED) is 0.715. The lowest BCUT2D eigenvalue weighted by atomic mass is 9.77. The zero-order valence-corrected chi connectivity index (χ0v) is 10.3. The van der Waals surface area contributed by atoms with Crippen molar-refractivity contribution in [3.8, 4) is 0 Å². The van der Waals surface area contributed by atoms with Crippen molar-refractivity contribution >= 4 is 11.7 Å². The van der Waals surface area contributed by atoms with Gasteiger partial charge in [0.05, 0.1) is 12.1 Å². The van der Waals surface area contributed by atoms with Gasteiger partial charge in [0.15, 0.2) is 0 Å². The maximum absolute atomic E-state index is 12.0. The number of carbonyl (C=O) groups is 1. The molecular weight excluding hydrogens is 236 g/mol. The van der Waals surface area contributed by atoms with Gasteiger partial charge in [-0.2, -0.15) is 0 Å². The molecule has 0 aromatic carbocycles. The van der Waals surface area contributed by atoms with E-state index in [1.54, 1.807) is 0 Å². The number of anilines is 1. The van der Waals surface area contributed by atoms with Crippen LogP contribution in [-0.4, -0.2) is 33.5 Å². The predicted octanol–water partition coefficient (Wildman–Crippen LogP) is 0.323. The summed E-state index contributed by atoms with van der Waals surface area (Å²) in [6, 6.07) is 0. The third-order valence-electron chi connectivity index (χ3n) is 3.50. The first-order chi connectivity index (χ1) is 8.56. The number of carbonyl (C=O) groups excluding carboxylic acids is 1. The van der Waals surface area contributed by atoms with E-state index in [0.717, 1.165) is 25.7 Å². The van der Waals surface area contributed by atoms with E-state index in [2.05, 4.69) is 27.2 Å². The van der Waals surface area contributed by atoms with Crippen LogP contribution in [-0.2, 0) is 0 Å². The van der Waals surface area contributed by atoms with Crippen LogP contribution < -0.4 is 11.1 Å². The molecule has 0 spiro atoms. The first kappa shape index (κ1) is 12.8. The molecule has 2 unspecified atom stereocenters. The average molecular weight is 254 g/mol. The van der Waals surface area contributed by atoms with Crippen LogP contribution in [0.1, 0.15) is 43.1 Å². The van der Waals surface area contributed by atoms with Crippen molar-refractivity contribution in [1.29, 1.82) is 0 Å². The molecule has 7 heteroatoms. The number of nitrogen functional groups attached to an aromatic ring is 1. The highest BCUT2D eigenvalue weighted by atomic mass is 16.6. The van der Waals surface area contributed by atoms with Crippen LogP contribution >= 0.6 is 0 Å². The molecule has 18 heavy (non-hydrogen) atoms. The molecule has 0 radical (unpaired) electrons. The largest absolute Gasteiger partial charge is 0.394 e. The monoisotopic (exact) mass is 254 g/mol. The fraction of sp³-hybridized carbons (Fsp3) is 0.727. The summed E-state index contributed by atoms with van der Waals surface area (Å²) in [5.74, 6) is -0.0136. The van der Waals surface area contributed by atoms with Gasteiger partial charge in [0.1, 0.15) is 0 Å². The summed E-state index contributed by atoms with van der Waals surface area (Å²) >= 11 is 0. The Labute approximate surface area is 105 Å². The number of nitrogens with two attached hydrogens (primary N) is 1. The topological polar surface area (TPSA) is 114 Å². The van der Waals surface area contributed by atoms with E-state index in [1.807, 2.05) is 0 Å². The smallest absolute Gasteiger partial charge is 0.277 e. The molecule has 1 fully saturated rings. The molecule has 0 saturated heterocycles. The summed E-state index contributed by atoms with van der Waals surface area (Å²) in [6.07, 6.45) is 3.60. The fourth-order valence-electron chi connectivity index (χ4n) is 2.61. The lowest BCUT2D eigenvalue weighted by Crippen LogP contribution is -2.54. The van der Waals surface area contributed by atoms with Gasteiger partial charge in [-0.25, -0.2) is 4.63 Å². The fourth-order valence-corrected chi connectivity index (χ4v) is 2.61. The summed E-state index contributed by atoms with van der Waals surface area (Å²) < 4.78 is 4.39. The molecule has 1 saturated carbocycles. The van der Waals surface area contributed by atoms with E-state index in [1.165, 1.54) is 0 Å². The average Bonchev–Trinajstić information content (AvgIpc) is 2.75. The van der Waals surface area contributed by atoms with Crippen LogP contribution in [0.5, 0.6) is 0 Å². The second-order valence-electron chi connectivity index (χ2n) is 5.09. The number of aliphatic hydroxyl groups excluding tert-OH is 1. The normalized spacial score (nSPS) is 28.0. The first-order valence-electron chi connectivity index (χ1n) is 6.08. The van der Waals surface area contributed by atoms with Gasteiger partial charge in [0.25, 0.3) is 5.91 Å². The number of hydrogen-bond donors (Lipinski definition) is 3. The maximum atomic E-state index is 12.0. The molecule has 1 heterocycles. The van der Waals surface area contributed by atoms with E-state index in [9.17, 15) is 9.90 Å². The van der Waals surface area contributed by atoms with Gasteiger partial charge in [-0.05, 0) is 29.1 Å². The number of hydrogen-bond acceptors (Lipinski definition) is 6. The van der Waals surface area contributed by atoms with Gasteiger partial charge in [-0.1, -0.05) is 19.8 Å². The number of nitrogens with zero attached hydrogens (tertiary/aromatic N) is 2. The van der Waals surface area contributed by atoms with Gasteiger partial charge in [0, 0.05) is 0 Å². The Morgan fingerprint density at radius 2 is 2.44 bits per heavy atom. The highest BCUT2D eigenvalue weighted by Gasteiger charge is 2.37. The Balaban J connectivity index is 2.11. The number of aromatic nitrogens is 2. The highest BCUT2D eigenvalue weighted by molar-refractivity contribution is 5.96.